The average Bonchev–Trinajstić information content (AvgIpc) is 3.28. The van der Waals surface area contributed by atoms with Gasteiger partial charge in [0.1, 0.15) is 0 Å². The van der Waals surface area contributed by atoms with E-state index in [4.69, 9.17) is 17.2 Å². The molecule has 4 heteroatoms. The number of hydrogen-bond acceptors (Lipinski definition) is 0. The zero-order valence-electron chi connectivity index (χ0n) is 20.0. The van der Waals surface area contributed by atoms with E-state index >= 15 is 0 Å². The molecule has 0 aromatic rings. The van der Waals surface area contributed by atoms with E-state index in [2.05, 4.69) is 52.9 Å². The molecule has 4 aliphatic rings. The van der Waals surface area contributed by atoms with Crippen molar-refractivity contribution in [2.75, 3.05) is 0 Å². The molecule has 0 spiro atoms. The Bertz CT molecular complexity index is 792. The van der Waals surface area contributed by atoms with Crippen LogP contribution in [0.3, 0.4) is 0 Å². The zero-order chi connectivity index (χ0) is 21.9. The third-order valence-corrected chi connectivity index (χ3v) is 81.5. The minimum absolute atomic E-state index is 0.410. The topological polar surface area (TPSA) is 0 Å². The van der Waals surface area contributed by atoms with Crippen molar-refractivity contribution in [2.45, 2.75) is 99.5 Å². The summed E-state index contributed by atoms with van der Waals surface area (Å²) < 4.78 is 0.821. The minimum atomic E-state index is -4.46. The van der Waals surface area contributed by atoms with E-state index in [0.29, 0.717) is 19.2 Å². The Balaban J connectivity index is 1.95. The van der Waals surface area contributed by atoms with Crippen LogP contribution in [0.4, 0.5) is 0 Å². The Kier molecular flexibility index (Phi) is 6.69. The van der Waals surface area contributed by atoms with Crippen molar-refractivity contribution in [2.24, 2.45) is 11.8 Å². The number of hydrogen-bond donors (Lipinski definition) is 0. The molecular formula is C26H41Cl2HfSi. The number of allylic oxidation sites excluding steroid dienone is 8. The fourth-order valence-electron chi connectivity index (χ4n) is 7.00. The maximum absolute atomic E-state index is 8.36. The van der Waals surface area contributed by atoms with Crippen LogP contribution in [-0.4, -0.2) is 5.98 Å². The molecule has 0 aromatic carbocycles. The molecule has 4 aliphatic carbocycles. The van der Waals surface area contributed by atoms with Gasteiger partial charge in [-0.2, -0.15) is 0 Å². The van der Waals surface area contributed by atoms with E-state index in [-0.39, 0.29) is 0 Å². The van der Waals surface area contributed by atoms with Crippen LogP contribution in [0.5, 0.6) is 0 Å². The van der Waals surface area contributed by atoms with Gasteiger partial charge in [-0.1, -0.05) is 0 Å². The summed E-state index contributed by atoms with van der Waals surface area (Å²) >= 11 is -4.46. The first-order valence-corrected chi connectivity index (χ1v) is 34.7. The van der Waals surface area contributed by atoms with E-state index in [1.165, 1.54) is 51.4 Å². The van der Waals surface area contributed by atoms with Gasteiger partial charge in [-0.15, -0.1) is 0 Å². The van der Waals surface area contributed by atoms with Crippen molar-refractivity contribution in [3.05, 3.63) is 45.6 Å². The molecule has 30 heavy (non-hydrogen) atoms. The molecule has 0 aromatic heterocycles. The first kappa shape index (κ1) is 23.8. The van der Waals surface area contributed by atoms with Gasteiger partial charge in [-0.3, -0.25) is 0 Å². The Labute approximate surface area is 194 Å². The Morgan fingerprint density at radius 3 is 1.43 bits per heavy atom. The molecule has 0 amide bonds. The SMILES string of the molecule is CC(C)C1=CC2=C(CCCC2)[CH]1[Hf]([Cl])([Cl])([CH]1C(C(C)C)=CC2=C1CCCC2)[SiH](C)C. The predicted molar refractivity (Wildman–Crippen MR) is 135 cm³/mol. The summed E-state index contributed by atoms with van der Waals surface area (Å²) in [5.74, 6) is -0.242. The number of rotatable bonds is 5. The van der Waals surface area contributed by atoms with Gasteiger partial charge in [0.2, 0.25) is 0 Å². The Morgan fingerprint density at radius 1 is 0.733 bits per heavy atom. The molecule has 0 saturated carbocycles. The second-order valence-electron chi connectivity index (χ2n) is 11.4. The van der Waals surface area contributed by atoms with E-state index in [9.17, 15) is 0 Å². The van der Waals surface area contributed by atoms with Crippen LogP contribution in [0.15, 0.2) is 45.6 Å². The van der Waals surface area contributed by atoms with Crippen LogP contribution in [0, 0.1) is 11.8 Å². The van der Waals surface area contributed by atoms with Gasteiger partial charge in [0.25, 0.3) is 0 Å². The van der Waals surface area contributed by atoms with Gasteiger partial charge in [-0.25, -0.2) is 0 Å². The molecule has 0 N–H and O–H groups in total. The normalized spacial score (nSPS) is 28.7. The Morgan fingerprint density at radius 2 is 1.10 bits per heavy atom. The third-order valence-electron chi connectivity index (χ3n) is 8.69. The quantitative estimate of drug-likeness (QED) is 0.266. The summed E-state index contributed by atoms with van der Waals surface area (Å²) in [4.78, 5) is 0. The molecular weight excluding hydrogens is 590 g/mol. The number of halogens is 2. The molecule has 0 fully saturated rings. The van der Waals surface area contributed by atoms with Crippen LogP contribution in [0.2, 0.25) is 20.4 Å². The van der Waals surface area contributed by atoms with Crippen molar-refractivity contribution in [1.29, 1.82) is 0 Å². The first-order chi connectivity index (χ1) is 14.1. The molecule has 167 valence electrons. The molecule has 0 saturated heterocycles. The molecule has 0 aliphatic heterocycles. The first-order valence-electron chi connectivity index (χ1n) is 12.5. The van der Waals surface area contributed by atoms with E-state index in [1.807, 2.05) is 0 Å². The summed E-state index contributed by atoms with van der Waals surface area (Å²) in [6.07, 6.45) is 15.4. The van der Waals surface area contributed by atoms with Crippen molar-refractivity contribution >= 4 is 23.1 Å². The third kappa shape index (κ3) is 3.53. The van der Waals surface area contributed by atoms with Crippen molar-refractivity contribution in [3.63, 3.8) is 0 Å². The monoisotopic (exact) mass is 631 g/mol. The summed E-state index contributed by atoms with van der Waals surface area (Å²) in [5, 5.41) is 0. The van der Waals surface area contributed by atoms with Crippen LogP contribution < -0.4 is 0 Å². The second kappa shape index (κ2) is 8.44. The van der Waals surface area contributed by atoms with Crippen LogP contribution in [-0.2, 0) is 15.3 Å². The fraction of sp³-hybridized carbons (Fsp3) is 0.692. The van der Waals surface area contributed by atoms with Crippen molar-refractivity contribution in [1.82, 2.24) is 0 Å². The van der Waals surface area contributed by atoms with Gasteiger partial charge in [0, 0.05) is 0 Å². The molecule has 2 atom stereocenters. The van der Waals surface area contributed by atoms with Crippen LogP contribution in [0.25, 0.3) is 0 Å². The molecule has 0 heterocycles. The van der Waals surface area contributed by atoms with E-state index in [1.54, 1.807) is 33.4 Å². The molecule has 0 nitrogen and oxygen atoms in total. The Hall–Kier alpha value is 0.627. The zero-order valence-corrected chi connectivity index (χ0v) is 26.2. The maximum atomic E-state index is 8.36. The second-order valence-corrected chi connectivity index (χ2v) is 70.6. The van der Waals surface area contributed by atoms with Crippen molar-refractivity contribution in [3.8, 4) is 0 Å². The van der Waals surface area contributed by atoms with Gasteiger partial charge in [-0.05, 0) is 0 Å². The van der Waals surface area contributed by atoms with Crippen LogP contribution >= 0.6 is 17.2 Å². The van der Waals surface area contributed by atoms with Gasteiger partial charge >= 0.3 is 195 Å². The van der Waals surface area contributed by atoms with Gasteiger partial charge < -0.3 is 0 Å². The average molecular weight is 631 g/mol. The summed E-state index contributed by atoms with van der Waals surface area (Å²) in [5.41, 5.74) is 9.85. The molecule has 2 unspecified atom stereocenters. The molecule has 4 rings (SSSR count). The summed E-state index contributed by atoms with van der Waals surface area (Å²) in [7, 11) is 16.7. The van der Waals surface area contributed by atoms with E-state index in [0.717, 1.165) is 0 Å². The predicted octanol–water partition coefficient (Wildman–Crippen LogP) is 9.48. The molecule has 0 bridgehead atoms. The standard InChI is InChI=1S/2C12H17.C2H7Si.2ClH.Hf/c2*1-9(2)12-7-10-5-3-4-6-11(10)8-12;1-3-2;;;/h2*7-9H,3-6H2,1-2H3;3H,1-2H3;2*1H;/q;;;;;+2/p-2. The van der Waals surface area contributed by atoms with Crippen molar-refractivity contribution < 1.29 is 15.3 Å². The summed E-state index contributed by atoms with van der Waals surface area (Å²) in [6, 6.07) is 0. The summed E-state index contributed by atoms with van der Waals surface area (Å²) in [6.45, 7) is 14.5. The fourth-order valence-corrected chi connectivity index (χ4v) is 53.5. The van der Waals surface area contributed by atoms with Crippen LogP contribution in [0.1, 0.15) is 79.1 Å². The van der Waals surface area contributed by atoms with E-state index < -0.39 is 21.3 Å². The molecule has 0 radical (unpaired) electrons. The van der Waals surface area contributed by atoms with Gasteiger partial charge in [0.05, 0.1) is 0 Å². The van der Waals surface area contributed by atoms with Gasteiger partial charge in [0.15, 0.2) is 0 Å².